The average molecular weight is 233 g/mol. The summed E-state index contributed by atoms with van der Waals surface area (Å²) < 4.78 is 1.78. The van der Waals surface area contributed by atoms with Crippen LogP contribution in [0.3, 0.4) is 0 Å². The Morgan fingerprint density at radius 1 is 1.53 bits per heavy atom. The van der Waals surface area contributed by atoms with Gasteiger partial charge in [-0.3, -0.25) is 4.79 Å². The number of pyridine rings is 1. The summed E-state index contributed by atoms with van der Waals surface area (Å²) in [6, 6.07) is 5.56. The van der Waals surface area contributed by atoms with Crippen LogP contribution in [0, 0.1) is 0 Å². The fraction of sp³-hybridized carbons (Fsp3) is 0.333. The van der Waals surface area contributed by atoms with E-state index in [0.717, 1.165) is 5.65 Å². The van der Waals surface area contributed by atoms with Crippen LogP contribution >= 0.6 is 0 Å². The molecule has 0 unspecified atom stereocenters. The summed E-state index contributed by atoms with van der Waals surface area (Å²) in [7, 11) is 0. The maximum absolute atomic E-state index is 11.9. The summed E-state index contributed by atoms with van der Waals surface area (Å²) in [5.41, 5.74) is 0.421. The lowest BCUT2D eigenvalue weighted by Crippen LogP contribution is -2.46. The minimum Gasteiger partial charge on any atom is -0.394 e. The van der Waals surface area contributed by atoms with Crippen molar-refractivity contribution in [3.8, 4) is 0 Å². The van der Waals surface area contributed by atoms with Crippen LogP contribution in [0.15, 0.2) is 30.6 Å². The Balaban J connectivity index is 2.25. The molecule has 0 fully saturated rings. The Hall–Kier alpha value is -1.88. The van der Waals surface area contributed by atoms with E-state index in [2.05, 4.69) is 10.3 Å². The first-order chi connectivity index (χ1) is 8.02. The highest BCUT2D eigenvalue weighted by Gasteiger charge is 2.21. The lowest BCUT2D eigenvalue weighted by Gasteiger charge is -2.22. The van der Waals surface area contributed by atoms with E-state index in [1.807, 2.05) is 24.4 Å². The van der Waals surface area contributed by atoms with Crippen molar-refractivity contribution >= 4 is 11.6 Å². The molecule has 0 aromatic carbocycles. The van der Waals surface area contributed by atoms with Crippen molar-refractivity contribution in [3.63, 3.8) is 0 Å². The molecule has 5 heteroatoms. The van der Waals surface area contributed by atoms with Gasteiger partial charge < -0.3 is 14.8 Å². The van der Waals surface area contributed by atoms with Crippen molar-refractivity contribution in [3.05, 3.63) is 36.3 Å². The number of carbonyl (C=O) groups excluding carboxylic acids is 1. The summed E-state index contributed by atoms with van der Waals surface area (Å²) in [5, 5.41) is 11.8. The van der Waals surface area contributed by atoms with Gasteiger partial charge in [0.25, 0.3) is 5.91 Å². The normalized spacial score (nSPS) is 11.7. The first kappa shape index (κ1) is 11.6. The van der Waals surface area contributed by atoms with Crippen molar-refractivity contribution in [1.82, 2.24) is 14.7 Å². The number of aliphatic hydroxyl groups excluding tert-OH is 1. The topological polar surface area (TPSA) is 66.6 Å². The Bertz CT molecular complexity index is 512. The van der Waals surface area contributed by atoms with Crippen LogP contribution in [0.4, 0.5) is 0 Å². The molecule has 5 nitrogen and oxygen atoms in total. The van der Waals surface area contributed by atoms with Gasteiger partial charge in [0.05, 0.1) is 12.1 Å². The molecule has 0 spiro atoms. The molecular formula is C12H15N3O2. The molecule has 90 valence electrons. The molecule has 0 bridgehead atoms. The number of amides is 1. The number of imidazole rings is 1. The molecule has 2 aromatic heterocycles. The van der Waals surface area contributed by atoms with Gasteiger partial charge in [-0.2, -0.15) is 0 Å². The number of fused-ring (bicyclic) bond motifs is 1. The predicted octanol–water partition coefficient (Wildman–Crippen LogP) is 0.835. The third-order valence-corrected chi connectivity index (χ3v) is 2.44. The number of rotatable bonds is 3. The van der Waals surface area contributed by atoms with Crippen LogP contribution in [0.1, 0.15) is 24.3 Å². The number of aromatic nitrogens is 2. The van der Waals surface area contributed by atoms with Crippen LogP contribution in [-0.2, 0) is 0 Å². The molecular weight excluding hydrogens is 218 g/mol. The fourth-order valence-corrected chi connectivity index (χ4v) is 1.45. The highest BCUT2D eigenvalue weighted by atomic mass is 16.3. The van der Waals surface area contributed by atoms with E-state index in [0.29, 0.717) is 5.69 Å². The Morgan fingerprint density at radius 3 is 2.94 bits per heavy atom. The fourth-order valence-electron chi connectivity index (χ4n) is 1.45. The second kappa shape index (κ2) is 4.18. The number of nitrogens with one attached hydrogen (secondary N) is 1. The van der Waals surface area contributed by atoms with Crippen LogP contribution < -0.4 is 5.32 Å². The van der Waals surface area contributed by atoms with Crippen molar-refractivity contribution in [2.24, 2.45) is 0 Å². The highest BCUT2D eigenvalue weighted by molar-refractivity contribution is 5.93. The first-order valence-corrected chi connectivity index (χ1v) is 5.39. The molecule has 0 aliphatic rings. The molecule has 0 aliphatic heterocycles. The van der Waals surface area contributed by atoms with Gasteiger partial charge in [0.1, 0.15) is 11.3 Å². The zero-order valence-corrected chi connectivity index (χ0v) is 9.84. The van der Waals surface area contributed by atoms with Gasteiger partial charge in [0.15, 0.2) is 0 Å². The van der Waals surface area contributed by atoms with E-state index < -0.39 is 5.54 Å². The van der Waals surface area contributed by atoms with E-state index in [9.17, 15) is 4.79 Å². The smallest absolute Gasteiger partial charge is 0.271 e. The van der Waals surface area contributed by atoms with Crippen LogP contribution in [0.2, 0.25) is 0 Å². The van der Waals surface area contributed by atoms with Crippen LogP contribution in [0.5, 0.6) is 0 Å². The van der Waals surface area contributed by atoms with Gasteiger partial charge >= 0.3 is 0 Å². The number of hydrogen-bond donors (Lipinski definition) is 2. The zero-order chi connectivity index (χ0) is 12.5. The van der Waals surface area contributed by atoms with Gasteiger partial charge in [-0.15, -0.1) is 0 Å². The summed E-state index contributed by atoms with van der Waals surface area (Å²) in [5.74, 6) is -0.284. The highest BCUT2D eigenvalue weighted by Crippen LogP contribution is 2.07. The molecule has 0 aliphatic carbocycles. The lowest BCUT2D eigenvalue weighted by molar-refractivity contribution is 0.0865. The van der Waals surface area contributed by atoms with E-state index in [-0.39, 0.29) is 12.5 Å². The van der Waals surface area contributed by atoms with Crippen molar-refractivity contribution in [1.29, 1.82) is 0 Å². The molecule has 2 N–H and O–H groups in total. The van der Waals surface area contributed by atoms with Gasteiger partial charge in [-0.05, 0) is 26.0 Å². The Labute approximate surface area is 99.1 Å². The molecule has 2 rings (SSSR count). The molecule has 0 saturated heterocycles. The van der Waals surface area contributed by atoms with Gasteiger partial charge in [-0.25, -0.2) is 4.98 Å². The van der Waals surface area contributed by atoms with Crippen LogP contribution in [-0.4, -0.2) is 32.5 Å². The van der Waals surface area contributed by atoms with Gasteiger partial charge in [0.2, 0.25) is 0 Å². The maximum atomic E-state index is 11.9. The minimum atomic E-state index is -0.646. The first-order valence-electron chi connectivity index (χ1n) is 5.39. The molecule has 0 saturated carbocycles. The number of carbonyl (C=O) groups is 1. The summed E-state index contributed by atoms with van der Waals surface area (Å²) in [4.78, 5) is 16.1. The molecule has 2 heterocycles. The van der Waals surface area contributed by atoms with E-state index >= 15 is 0 Å². The van der Waals surface area contributed by atoms with E-state index in [1.54, 1.807) is 24.4 Å². The molecule has 0 atom stereocenters. The minimum absolute atomic E-state index is 0.119. The largest absolute Gasteiger partial charge is 0.394 e. The number of hydrogen-bond acceptors (Lipinski definition) is 3. The van der Waals surface area contributed by atoms with E-state index in [4.69, 9.17) is 5.11 Å². The number of aliphatic hydroxyl groups is 1. The lowest BCUT2D eigenvalue weighted by atomic mass is 10.1. The third kappa shape index (κ3) is 2.45. The molecule has 17 heavy (non-hydrogen) atoms. The predicted molar refractivity (Wildman–Crippen MR) is 63.8 cm³/mol. The third-order valence-electron chi connectivity index (χ3n) is 2.44. The SMILES string of the molecule is CC(C)(CO)NC(=O)c1cn2ccccc2n1. The van der Waals surface area contributed by atoms with E-state index in [1.165, 1.54) is 0 Å². The maximum Gasteiger partial charge on any atom is 0.271 e. The monoisotopic (exact) mass is 233 g/mol. The van der Waals surface area contributed by atoms with Crippen molar-refractivity contribution in [2.45, 2.75) is 19.4 Å². The molecule has 1 amide bonds. The standard InChI is InChI=1S/C12H15N3O2/c1-12(2,8-16)14-11(17)9-7-15-6-4-3-5-10(15)13-9/h3-7,16H,8H2,1-2H3,(H,14,17). The van der Waals surface area contributed by atoms with Crippen LogP contribution in [0.25, 0.3) is 5.65 Å². The number of nitrogens with zero attached hydrogens (tertiary/aromatic N) is 2. The summed E-state index contributed by atoms with van der Waals surface area (Å²) in [6.45, 7) is 3.38. The zero-order valence-electron chi connectivity index (χ0n) is 9.84. The summed E-state index contributed by atoms with van der Waals surface area (Å²) >= 11 is 0. The summed E-state index contributed by atoms with van der Waals surface area (Å²) in [6.07, 6.45) is 3.49. The Kier molecular flexibility index (Phi) is 2.85. The van der Waals surface area contributed by atoms with Gasteiger partial charge in [-0.1, -0.05) is 6.07 Å². The second-order valence-electron chi connectivity index (χ2n) is 4.59. The van der Waals surface area contributed by atoms with Gasteiger partial charge in [0, 0.05) is 12.4 Å². The van der Waals surface area contributed by atoms with Crippen molar-refractivity contribution in [2.75, 3.05) is 6.61 Å². The molecule has 0 radical (unpaired) electrons. The average Bonchev–Trinajstić information content (AvgIpc) is 2.72. The quantitative estimate of drug-likeness (QED) is 0.825. The Morgan fingerprint density at radius 2 is 2.29 bits per heavy atom. The second-order valence-corrected chi connectivity index (χ2v) is 4.59. The molecule has 2 aromatic rings. The van der Waals surface area contributed by atoms with Crippen molar-refractivity contribution < 1.29 is 9.90 Å².